The predicted octanol–water partition coefficient (Wildman–Crippen LogP) is 1.64. The highest BCUT2D eigenvalue weighted by atomic mass is 16.5. The molecule has 0 spiro atoms. The molecule has 0 aliphatic heterocycles. The van der Waals surface area contributed by atoms with Crippen molar-refractivity contribution in [3.8, 4) is 5.75 Å². The zero-order chi connectivity index (χ0) is 13.7. The van der Waals surface area contributed by atoms with Gasteiger partial charge in [0.1, 0.15) is 18.7 Å². The maximum atomic E-state index is 5.66. The van der Waals surface area contributed by atoms with Gasteiger partial charge in [0.25, 0.3) is 0 Å². The van der Waals surface area contributed by atoms with Crippen LogP contribution in [-0.4, -0.2) is 27.6 Å². The van der Waals surface area contributed by atoms with E-state index in [2.05, 4.69) is 20.3 Å². The largest absolute Gasteiger partial charge is 0.491 e. The minimum atomic E-state index is 0.0584. The van der Waals surface area contributed by atoms with Gasteiger partial charge < -0.3 is 15.8 Å². The molecule has 3 N–H and O–H groups in total. The molecule has 0 bridgehead atoms. The third kappa shape index (κ3) is 4.09. The van der Waals surface area contributed by atoms with Crippen LogP contribution in [0.3, 0.4) is 0 Å². The Morgan fingerprint density at radius 1 is 1.26 bits per heavy atom. The van der Waals surface area contributed by atoms with Crippen LogP contribution in [0.1, 0.15) is 12.5 Å². The van der Waals surface area contributed by atoms with Crippen molar-refractivity contribution in [2.75, 3.05) is 17.7 Å². The first-order valence-corrected chi connectivity index (χ1v) is 6.04. The van der Waals surface area contributed by atoms with E-state index < -0.39 is 0 Å². The number of aromatic nitrogens is 3. The van der Waals surface area contributed by atoms with Crippen LogP contribution in [0.5, 0.6) is 5.75 Å². The maximum absolute atomic E-state index is 5.66. The summed E-state index contributed by atoms with van der Waals surface area (Å²) in [6, 6.07) is 7.98. The van der Waals surface area contributed by atoms with Gasteiger partial charge >= 0.3 is 0 Å². The molecule has 100 valence electrons. The summed E-state index contributed by atoms with van der Waals surface area (Å²) in [5.41, 5.74) is 6.69. The van der Waals surface area contributed by atoms with Gasteiger partial charge in [0.15, 0.2) is 0 Å². The van der Waals surface area contributed by atoms with Gasteiger partial charge in [0.05, 0.1) is 6.04 Å². The van der Waals surface area contributed by atoms with Crippen LogP contribution >= 0.6 is 0 Å². The van der Waals surface area contributed by atoms with Crippen LogP contribution in [-0.2, 0) is 0 Å². The van der Waals surface area contributed by atoms with Gasteiger partial charge in [0, 0.05) is 0 Å². The van der Waals surface area contributed by atoms with Crippen molar-refractivity contribution < 1.29 is 4.74 Å². The summed E-state index contributed by atoms with van der Waals surface area (Å²) >= 11 is 0. The molecular formula is C13H17N5O. The molecule has 1 aromatic carbocycles. The number of benzene rings is 1. The molecule has 1 aromatic heterocycles. The first-order chi connectivity index (χ1) is 9.13. The molecule has 6 nitrogen and oxygen atoms in total. The Bertz CT molecular complexity index is 529. The number of nitrogens with zero attached hydrogens (tertiary/aromatic N) is 3. The van der Waals surface area contributed by atoms with E-state index in [0.29, 0.717) is 12.6 Å². The fourth-order valence-electron chi connectivity index (χ4n) is 1.50. The average Bonchev–Trinajstić information content (AvgIpc) is 2.38. The van der Waals surface area contributed by atoms with Gasteiger partial charge in [-0.05, 0) is 26.0 Å². The summed E-state index contributed by atoms with van der Waals surface area (Å²) in [4.78, 5) is 11.7. The van der Waals surface area contributed by atoms with Crippen molar-refractivity contribution in [2.24, 2.45) is 0 Å². The van der Waals surface area contributed by atoms with Crippen LogP contribution < -0.4 is 15.8 Å². The number of hydrogen-bond donors (Lipinski definition) is 2. The Morgan fingerprint density at radius 2 is 2.00 bits per heavy atom. The van der Waals surface area contributed by atoms with Gasteiger partial charge in [-0.25, -0.2) is 9.97 Å². The number of nitrogen functional groups attached to an aromatic ring is 1. The monoisotopic (exact) mass is 259 g/mol. The second-order valence-corrected chi connectivity index (χ2v) is 4.34. The molecule has 2 aromatic rings. The van der Waals surface area contributed by atoms with E-state index in [0.717, 1.165) is 5.75 Å². The van der Waals surface area contributed by atoms with Crippen molar-refractivity contribution in [3.05, 3.63) is 36.2 Å². The summed E-state index contributed by atoms with van der Waals surface area (Å²) in [7, 11) is 0. The Balaban J connectivity index is 1.84. The quantitative estimate of drug-likeness (QED) is 0.849. The second-order valence-electron chi connectivity index (χ2n) is 4.34. The van der Waals surface area contributed by atoms with Gasteiger partial charge in [-0.2, -0.15) is 4.98 Å². The van der Waals surface area contributed by atoms with Crippen LogP contribution in [0.25, 0.3) is 0 Å². The third-order valence-electron chi connectivity index (χ3n) is 2.49. The van der Waals surface area contributed by atoms with E-state index in [4.69, 9.17) is 10.5 Å². The molecule has 1 atom stereocenters. The number of ether oxygens (including phenoxy) is 1. The highest BCUT2D eigenvalue weighted by molar-refractivity contribution is 5.30. The Hall–Kier alpha value is -2.37. The summed E-state index contributed by atoms with van der Waals surface area (Å²) < 4.78 is 5.66. The van der Waals surface area contributed by atoms with E-state index in [1.807, 2.05) is 38.1 Å². The molecule has 0 saturated heterocycles. The molecule has 19 heavy (non-hydrogen) atoms. The van der Waals surface area contributed by atoms with Gasteiger partial charge in [-0.1, -0.05) is 17.7 Å². The highest BCUT2D eigenvalue weighted by Crippen LogP contribution is 2.12. The second kappa shape index (κ2) is 5.99. The Morgan fingerprint density at radius 3 is 2.68 bits per heavy atom. The SMILES string of the molecule is Cc1ccc(OCC(C)Nc2ncnc(N)n2)cc1. The van der Waals surface area contributed by atoms with Crippen molar-refractivity contribution >= 4 is 11.9 Å². The Labute approximate surface area is 112 Å². The number of nitrogens with two attached hydrogens (primary N) is 1. The minimum Gasteiger partial charge on any atom is -0.491 e. The van der Waals surface area contributed by atoms with Crippen molar-refractivity contribution in [1.29, 1.82) is 0 Å². The molecule has 0 aliphatic carbocycles. The third-order valence-corrected chi connectivity index (χ3v) is 2.49. The first kappa shape index (κ1) is 13.1. The topological polar surface area (TPSA) is 86.0 Å². The van der Waals surface area contributed by atoms with E-state index in [1.165, 1.54) is 11.9 Å². The lowest BCUT2D eigenvalue weighted by molar-refractivity contribution is 0.303. The molecule has 1 heterocycles. The molecule has 0 saturated carbocycles. The summed E-state index contributed by atoms with van der Waals surface area (Å²) in [6.07, 6.45) is 1.37. The fourth-order valence-corrected chi connectivity index (χ4v) is 1.50. The van der Waals surface area contributed by atoms with Crippen molar-refractivity contribution in [1.82, 2.24) is 15.0 Å². The van der Waals surface area contributed by atoms with E-state index in [9.17, 15) is 0 Å². The molecule has 0 amide bonds. The summed E-state index contributed by atoms with van der Waals surface area (Å²) in [5, 5.41) is 3.10. The average molecular weight is 259 g/mol. The number of aryl methyl sites for hydroxylation is 1. The summed E-state index contributed by atoms with van der Waals surface area (Å²) in [6.45, 7) is 4.53. The molecule has 0 radical (unpaired) electrons. The lowest BCUT2D eigenvalue weighted by Crippen LogP contribution is -2.24. The van der Waals surface area contributed by atoms with E-state index >= 15 is 0 Å². The van der Waals surface area contributed by atoms with Crippen molar-refractivity contribution in [2.45, 2.75) is 19.9 Å². The van der Waals surface area contributed by atoms with Gasteiger partial charge in [-0.3, -0.25) is 0 Å². The minimum absolute atomic E-state index is 0.0584. The van der Waals surface area contributed by atoms with Crippen molar-refractivity contribution in [3.63, 3.8) is 0 Å². The summed E-state index contributed by atoms with van der Waals surface area (Å²) in [5.74, 6) is 1.49. The normalized spacial score (nSPS) is 11.9. The number of anilines is 2. The van der Waals surface area contributed by atoms with Crippen LogP contribution in [0.4, 0.5) is 11.9 Å². The lowest BCUT2D eigenvalue weighted by atomic mass is 10.2. The molecule has 1 unspecified atom stereocenters. The maximum Gasteiger partial charge on any atom is 0.227 e. The van der Waals surface area contributed by atoms with Crippen LogP contribution in [0.15, 0.2) is 30.6 Å². The molecule has 2 rings (SSSR count). The molecular weight excluding hydrogens is 242 g/mol. The molecule has 6 heteroatoms. The molecule has 0 aliphatic rings. The number of nitrogens with one attached hydrogen (secondary N) is 1. The first-order valence-electron chi connectivity index (χ1n) is 6.04. The van der Waals surface area contributed by atoms with E-state index in [-0.39, 0.29) is 12.0 Å². The predicted molar refractivity (Wildman–Crippen MR) is 74.0 cm³/mol. The standard InChI is InChI=1S/C13H17N5O/c1-9-3-5-11(6-4-9)19-7-10(2)17-13-16-8-15-12(14)18-13/h3-6,8,10H,7H2,1-2H3,(H3,14,15,16,17,18). The smallest absolute Gasteiger partial charge is 0.227 e. The lowest BCUT2D eigenvalue weighted by Gasteiger charge is -2.14. The van der Waals surface area contributed by atoms with Crippen LogP contribution in [0, 0.1) is 6.92 Å². The van der Waals surface area contributed by atoms with E-state index in [1.54, 1.807) is 0 Å². The number of rotatable bonds is 5. The number of hydrogen-bond acceptors (Lipinski definition) is 6. The van der Waals surface area contributed by atoms with Gasteiger partial charge in [-0.15, -0.1) is 0 Å². The fraction of sp³-hybridized carbons (Fsp3) is 0.308. The van der Waals surface area contributed by atoms with Gasteiger partial charge in [0.2, 0.25) is 11.9 Å². The molecule has 0 fully saturated rings. The highest BCUT2D eigenvalue weighted by Gasteiger charge is 2.05. The van der Waals surface area contributed by atoms with Crippen LogP contribution in [0.2, 0.25) is 0 Å². The zero-order valence-electron chi connectivity index (χ0n) is 11.0. The Kier molecular flexibility index (Phi) is 4.12. The zero-order valence-corrected chi connectivity index (χ0v) is 11.0.